The molecular formula is C13H17ClFNO. The van der Waals surface area contributed by atoms with Crippen LogP contribution in [0.1, 0.15) is 36.9 Å². The van der Waals surface area contributed by atoms with E-state index in [-0.39, 0.29) is 11.9 Å². The first kappa shape index (κ1) is 12.8. The van der Waals surface area contributed by atoms with Gasteiger partial charge in [-0.2, -0.15) is 0 Å². The third kappa shape index (κ3) is 2.32. The quantitative estimate of drug-likeness (QED) is 0.882. The summed E-state index contributed by atoms with van der Waals surface area (Å²) in [5.74, 6) is -0.302. The fraction of sp³-hybridized carbons (Fsp3) is 0.538. The molecule has 17 heavy (non-hydrogen) atoms. The number of ether oxygens (including phenoxy) is 1. The van der Waals surface area contributed by atoms with Gasteiger partial charge in [-0.3, -0.25) is 0 Å². The van der Waals surface area contributed by atoms with E-state index in [4.69, 9.17) is 22.1 Å². The minimum Gasteiger partial charge on any atom is -0.373 e. The molecule has 1 aromatic rings. The second-order valence-electron chi connectivity index (χ2n) is 4.87. The standard InChI is InChI=1S/C13H17ClFNO/c1-8-6-9(10(14)7-11(8)15)12(16)13(2)4-3-5-17-13/h6-7,12H,3-5,16H2,1-2H3. The molecule has 1 aliphatic rings. The van der Waals surface area contributed by atoms with Gasteiger partial charge in [0.05, 0.1) is 11.6 Å². The van der Waals surface area contributed by atoms with Crippen molar-refractivity contribution in [1.82, 2.24) is 0 Å². The second kappa shape index (κ2) is 4.56. The van der Waals surface area contributed by atoms with Gasteiger partial charge in [0.25, 0.3) is 0 Å². The van der Waals surface area contributed by atoms with Gasteiger partial charge in [0, 0.05) is 11.6 Å². The first-order chi connectivity index (χ1) is 7.94. The molecule has 0 radical (unpaired) electrons. The van der Waals surface area contributed by atoms with Crippen LogP contribution in [-0.2, 0) is 4.74 Å². The van der Waals surface area contributed by atoms with E-state index in [0.717, 1.165) is 25.0 Å². The molecule has 2 nitrogen and oxygen atoms in total. The van der Waals surface area contributed by atoms with Gasteiger partial charge >= 0.3 is 0 Å². The molecule has 0 spiro atoms. The van der Waals surface area contributed by atoms with Crippen molar-refractivity contribution in [2.24, 2.45) is 5.73 Å². The monoisotopic (exact) mass is 257 g/mol. The van der Waals surface area contributed by atoms with Gasteiger partial charge < -0.3 is 10.5 Å². The summed E-state index contributed by atoms with van der Waals surface area (Å²) in [6, 6.07) is 2.72. The first-order valence-corrected chi connectivity index (χ1v) is 6.17. The number of halogens is 2. The van der Waals surface area contributed by atoms with E-state index in [1.165, 1.54) is 6.07 Å². The highest BCUT2D eigenvalue weighted by atomic mass is 35.5. The number of benzene rings is 1. The highest BCUT2D eigenvalue weighted by Gasteiger charge is 2.38. The molecule has 2 unspecified atom stereocenters. The van der Waals surface area contributed by atoms with Crippen LogP contribution < -0.4 is 5.73 Å². The van der Waals surface area contributed by atoms with Gasteiger partial charge in [-0.1, -0.05) is 17.7 Å². The minimum absolute atomic E-state index is 0.302. The maximum atomic E-state index is 13.3. The third-order valence-electron chi connectivity index (χ3n) is 3.52. The number of aryl methyl sites for hydroxylation is 1. The molecule has 4 heteroatoms. The lowest BCUT2D eigenvalue weighted by atomic mass is 9.88. The zero-order chi connectivity index (χ0) is 12.6. The van der Waals surface area contributed by atoms with Crippen molar-refractivity contribution in [2.45, 2.75) is 38.3 Å². The van der Waals surface area contributed by atoms with Gasteiger partial charge in [-0.05, 0) is 43.9 Å². The van der Waals surface area contributed by atoms with E-state index in [1.807, 2.05) is 6.92 Å². The maximum Gasteiger partial charge on any atom is 0.127 e. The van der Waals surface area contributed by atoms with E-state index < -0.39 is 5.60 Å². The first-order valence-electron chi connectivity index (χ1n) is 5.79. The van der Waals surface area contributed by atoms with E-state index in [1.54, 1.807) is 13.0 Å². The Bertz CT molecular complexity index is 430. The van der Waals surface area contributed by atoms with Crippen LogP contribution in [-0.4, -0.2) is 12.2 Å². The maximum absolute atomic E-state index is 13.3. The summed E-state index contributed by atoms with van der Waals surface area (Å²) in [6.07, 6.45) is 1.91. The molecule has 1 aromatic carbocycles. The lowest BCUT2D eigenvalue weighted by molar-refractivity contribution is -0.00174. The average molecular weight is 258 g/mol. The Balaban J connectivity index is 2.36. The summed E-state index contributed by atoms with van der Waals surface area (Å²) in [6.45, 7) is 4.42. The van der Waals surface area contributed by atoms with Gasteiger partial charge in [-0.25, -0.2) is 4.39 Å². The molecule has 0 aliphatic carbocycles. The van der Waals surface area contributed by atoms with Crippen LogP contribution in [0.15, 0.2) is 12.1 Å². The Kier molecular flexibility index (Phi) is 3.43. The second-order valence-corrected chi connectivity index (χ2v) is 5.27. The van der Waals surface area contributed by atoms with Crippen LogP contribution in [0, 0.1) is 12.7 Å². The summed E-state index contributed by atoms with van der Waals surface area (Å²) < 4.78 is 19.0. The van der Waals surface area contributed by atoms with E-state index in [0.29, 0.717) is 10.6 Å². The van der Waals surface area contributed by atoms with Gasteiger partial charge in [0.15, 0.2) is 0 Å². The topological polar surface area (TPSA) is 35.2 Å². The van der Waals surface area contributed by atoms with Crippen LogP contribution >= 0.6 is 11.6 Å². The summed E-state index contributed by atoms with van der Waals surface area (Å²) in [7, 11) is 0. The van der Waals surface area contributed by atoms with Gasteiger partial charge in [0.1, 0.15) is 5.82 Å². The van der Waals surface area contributed by atoms with Crippen molar-refractivity contribution in [3.8, 4) is 0 Å². The van der Waals surface area contributed by atoms with Crippen LogP contribution in [0.25, 0.3) is 0 Å². The zero-order valence-electron chi connectivity index (χ0n) is 10.1. The Morgan fingerprint density at radius 1 is 1.53 bits per heavy atom. The highest BCUT2D eigenvalue weighted by Crippen LogP contribution is 2.38. The molecular weight excluding hydrogens is 241 g/mol. The minimum atomic E-state index is -0.395. The summed E-state index contributed by atoms with van der Waals surface area (Å²) in [5.41, 5.74) is 7.14. The molecule has 0 saturated carbocycles. The molecule has 0 aromatic heterocycles. The lowest BCUT2D eigenvalue weighted by Gasteiger charge is -2.31. The van der Waals surface area contributed by atoms with Crippen LogP contribution in [0.5, 0.6) is 0 Å². The molecule has 94 valence electrons. The number of rotatable bonds is 2. The molecule has 2 atom stereocenters. The largest absolute Gasteiger partial charge is 0.373 e. The molecule has 2 N–H and O–H groups in total. The van der Waals surface area contributed by atoms with Crippen molar-refractivity contribution in [3.63, 3.8) is 0 Å². The Morgan fingerprint density at radius 3 is 2.82 bits per heavy atom. The fourth-order valence-electron chi connectivity index (χ4n) is 2.29. The molecule has 2 rings (SSSR count). The molecule has 0 bridgehead atoms. The smallest absolute Gasteiger partial charge is 0.127 e. The molecule has 1 fully saturated rings. The van der Waals surface area contributed by atoms with Crippen LogP contribution in [0.3, 0.4) is 0 Å². The molecule has 1 saturated heterocycles. The van der Waals surface area contributed by atoms with Crippen molar-refractivity contribution in [3.05, 3.63) is 34.1 Å². The highest BCUT2D eigenvalue weighted by molar-refractivity contribution is 6.31. The van der Waals surface area contributed by atoms with Crippen molar-refractivity contribution in [1.29, 1.82) is 0 Å². The van der Waals surface area contributed by atoms with E-state index in [2.05, 4.69) is 0 Å². The molecule has 1 heterocycles. The molecule has 0 amide bonds. The zero-order valence-corrected chi connectivity index (χ0v) is 10.9. The number of nitrogens with two attached hydrogens (primary N) is 1. The SMILES string of the molecule is Cc1cc(C(N)C2(C)CCCO2)c(Cl)cc1F. The Labute approximate surface area is 106 Å². The summed E-state index contributed by atoms with van der Waals surface area (Å²) >= 11 is 6.06. The van der Waals surface area contributed by atoms with E-state index >= 15 is 0 Å². The van der Waals surface area contributed by atoms with Gasteiger partial charge in [0.2, 0.25) is 0 Å². The normalized spacial score (nSPS) is 26.2. The Hall–Kier alpha value is -0.640. The Morgan fingerprint density at radius 2 is 2.24 bits per heavy atom. The lowest BCUT2D eigenvalue weighted by Crippen LogP contribution is -2.37. The van der Waals surface area contributed by atoms with Crippen molar-refractivity contribution >= 4 is 11.6 Å². The summed E-state index contributed by atoms with van der Waals surface area (Å²) in [5, 5.41) is 0.373. The fourth-order valence-corrected chi connectivity index (χ4v) is 2.56. The average Bonchev–Trinajstić information content (AvgIpc) is 2.71. The number of hydrogen-bond donors (Lipinski definition) is 1. The predicted octanol–water partition coefficient (Wildman–Crippen LogP) is 3.36. The molecule has 1 aliphatic heterocycles. The number of hydrogen-bond acceptors (Lipinski definition) is 2. The van der Waals surface area contributed by atoms with Crippen LogP contribution in [0.4, 0.5) is 4.39 Å². The summed E-state index contributed by atoms with van der Waals surface area (Å²) in [4.78, 5) is 0. The third-order valence-corrected chi connectivity index (χ3v) is 3.85. The predicted molar refractivity (Wildman–Crippen MR) is 66.7 cm³/mol. The van der Waals surface area contributed by atoms with Crippen molar-refractivity contribution in [2.75, 3.05) is 6.61 Å². The van der Waals surface area contributed by atoms with Crippen LogP contribution in [0.2, 0.25) is 5.02 Å². The van der Waals surface area contributed by atoms with E-state index in [9.17, 15) is 4.39 Å². The van der Waals surface area contributed by atoms with Crippen molar-refractivity contribution < 1.29 is 9.13 Å². The van der Waals surface area contributed by atoms with Gasteiger partial charge in [-0.15, -0.1) is 0 Å².